The van der Waals surface area contributed by atoms with Crippen molar-refractivity contribution < 1.29 is 4.74 Å². The van der Waals surface area contributed by atoms with Gasteiger partial charge in [0.25, 0.3) is 0 Å². The topological polar surface area (TPSA) is 38.2 Å². The van der Waals surface area contributed by atoms with Crippen LogP contribution in [0.1, 0.15) is 25.6 Å². The molecule has 1 aliphatic heterocycles. The van der Waals surface area contributed by atoms with E-state index in [0.29, 0.717) is 17.6 Å². The molecule has 0 N–H and O–H groups in total. The Morgan fingerprint density at radius 1 is 1.53 bits per heavy atom. The SMILES string of the molecule is CCC1CCN(c2cc(Cl)nc(COC)n2)C1. The van der Waals surface area contributed by atoms with Gasteiger partial charge in [0.05, 0.1) is 0 Å². The maximum Gasteiger partial charge on any atom is 0.158 e. The first-order valence-electron chi connectivity index (χ1n) is 6.00. The van der Waals surface area contributed by atoms with E-state index >= 15 is 0 Å². The molecule has 2 heterocycles. The molecule has 0 bridgehead atoms. The van der Waals surface area contributed by atoms with E-state index in [0.717, 1.165) is 24.8 Å². The molecule has 1 aromatic rings. The first kappa shape index (κ1) is 12.6. The van der Waals surface area contributed by atoms with Gasteiger partial charge in [-0.15, -0.1) is 0 Å². The van der Waals surface area contributed by atoms with Gasteiger partial charge in [-0.25, -0.2) is 9.97 Å². The van der Waals surface area contributed by atoms with E-state index < -0.39 is 0 Å². The molecule has 4 nitrogen and oxygen atoms in total. The number of anilines is 1. The monoisotopic (exact) mass is 255 g/mol. The molecule has 0 radical (unpaired) electrons. The summed E-state index contributed by atoms with van der Waals surface area (Å²) in [5.41, 5.74) is 0. The molecule has 0 spiro atoms. The Morgan fingerprint density at radius 3 is 3.00 bits per heavy atom. The first-order valence-corrected chi connectivity index (χ1v) is 6.38. The minimum atomic E-state index is 0.401. The van der Waals surface area contributed by atoms with Crippen LogP contribution in [-0.2, 0) is 11.3 Å². The van der Waals surface area contributed by atoms with Crippen LogP contribution in [-0.4, -0.2) is 30.2 Å². The Balaban J connectivity index is 2.15. The molecule has 0 aromatic carbocycles. The lowest BCUT2D eigenvalue weighted by Crippen LogP contribution is -2.21. The van der Waals surface area contributed by atoms with Crippen LogP contribution in [0.4, 0.5) is 5.82 Å². The highest BCUT2D eigenvalue weighted by atomic mass is 35.5. The number of nitrogens with zero attached hydrogens (tertiary/aromatic N) is 3. The van der Waals surface area contributed by atoms with Crippen LogP contribution in [0.15, 0.2) is 6.07 Å². The summed E-state index contributed by atoms with van der Waals surface area (Å²) in [7, 11) is 1.63. The molecule has 1 unspecified atom stereocenters. The smallest absolute Gasteiger partial charge is 0.158 e. The second kappa shape index (κ2) is 5.65. The fraction of sp³-hybridized carbons (Fsp3) is 0.667. The summed E-state index contributed by atoms with van der Waals surface area (Å²) >= 11 is 6.00. The second-order valence-corrected chi connectivity index (χ2v) is 4.79. The summed E-state index contributed by atoms with van der Waals surface area (Å²) < 4.78 is 5.04. The second-order valence-electron chi connectivity index (χ2n) is 4.41. The van der Waals surface area contributed by atoms with Gasteiger partial charge in [0, 0.05) is 26.3 Å². The predicted octanol–water partition coefficient (Wildman–Crippen LogP) is 2.51. The summed E-state index contributed by atoms with van der Waals surface area (Å²) in [6, 6.07) is 1.83. The van der Waals surface area contributed by atoms with Gasteiger partial charge in [0.2, 0.25) is 0 Å². The molecule has 0 saturated carbocycles. The van der Waals surface area contributed by atoms with Crippen molar-refractivity contribution >= 4 is 17.4 Å². The molecule has 1 atom stereocenters. The van der Waals surface area contributed by atoms with E-state index in [1.165, 1.54) is 12.8 Å². The van der Waals surface area contributed by atoms with Crippen molar-refractivity contribution in [2.45, 2.75) is 26.4 Å². The van der Waals surface area contributed by atoms with E-state index in [2.05, 4.69) is 21.8 Å². The lowest BCUT2D eigenvalue weighted by atomic mass is 10.1. The Kier molecular flexibility index (Phi) is 4.18. The molecule has 0 aliphatic carbocycles. The standard InChI is InChI=1S/C12H18ClN3O/c1-3-9-4-5-16(7-9)12-6-10(13)14-11(15-12)8-17-2/h6,9H,3-5,7-8H2,1-2H3. The van der Waals surface area contributed by atoms with Gasteiger partial charge < -0.3 is 9.64 Å². The van der Waals surface area contributed by atoms with Gasteiger partial charge in [-0.1, -0.05) is 24.9 Å². The van der Waals surface area contributed by atoms with Crippen molar-refractivity contribution in [3.05, 3.63) is 17.0 Å². The number of hydrogen-bond acceptors (Lipinski definition) is 4. The summed E-state index contributed by atoms with van der Waals surface area (Å²) in [6.07, 6.45) is 2.46. The van der Waals surface area contributed by atoms with Gasteiger partial charge in [0.1, 0.15) is 17.6 Å². The third-order valence-electron chi connectivity index (χ3n) is 3.19. The predicted molar refractivity (Wildman–Crippen MR) is 68.4 cm³/mol. The average Bonchev–Trinajstić information content (AvgIpc) is 2.77. The minimum Gasteiger partial charge on any atom is -0.377 e. The van der Waals surface area contributed by atoms with E-state index in [1.807, 2.05) is 6.07 Å². The fourth-order valence-electron chi connectivity index (χ4n) is 2.18. The van der Waals surface area contributed by atoms with Crippen molar-refractivity contribution in [2.24, 2.45) is 5.92 Å². The summed E-state index contributed by atoms with van der Waals surface area (Å²) in [5.74, 6) is 2.34. The van der Waals surface area contributed by atoms with Gasteiger partial charge in [-0.05, 0) is 12.3 Å². The number of ether oxygens (including phenoxy) is 1. The lowest BCUT2D eigenvalue weighted by Gasteiger charge is -2.18. The van der Waals surface area contributed by atoms with Crippen LogP contribution < -0.4 is 4.90 Å². The fourth-order valence-corrected chi connectivity index (χ4v) is 2.38. The zero-order valence-corrected chi connectivity index (χ0v) is 11.1. The van der Waals surface area contributed by atoms with Gasteiger partial charge in [-0.2, -0.15) is 0 Å². The highest BCUT2D eigenvalue weighted by Crippen LogP contribution is 2.25. The Bertz CT molecular complexity index is 386. The molecular formula is C12H18ClN3O. The number of rotatable bonds is 4. The van der Waals surface area contributed by atoms with E-state index in [-0.39, 0.29) is 0 Å². The van der Waals surface area contributed by atoms with Crippen molar-refractivity contribution in [1.82, 2.24) is 9.97 Å². The Labute approximate surface area is 107 Å². The number of hydrogen-bond donors (Lipinski definition) is 0. The van der Waals surface area contributed by atoms with Crippen molar-refractivity contribution in [3.63, 3.8) is 0 Å². The average molecular weight is 256 g/mol. The van der Waals surface area contributed by atoms with Crippen molar-refractivity contribution in [1.29, 1.82) is 0 Å². The normalized spacial score (nSPS) is 19.9. The zero-order valence-electron chi connectivity index (χ0n) is 10.3. The van der Waals surface area contributed by atoms with Crippen molar-refractivity contribution in [3.8, 4) is 0 Å². The first-order chi connectivity index (χ1) is 8.22. The molecule has 1 saturated heterocycles. The number of methoxy groups -OCH3 is 1. The van der Waals surface area contributed by atoms with Crippen LogP contribution in [0.5, 0.6) is 0 Å². The molecular weight excluding hydrogens is 238 g/mol. The molecule has 0 amide bonds. The van der Waals surface area contributed by atoms with E-state index in [9.17, 15) is 0 Å². The van der Waals surface area contributed by atoms with Crippen LogP contribution >= 0.6 is 11.6 Å². The van der Waals surface area contributed by atoms with Crippen molar-refractivity contribution in [2.75, 3.05) is 25.1 Å². The third-order valence-corrected chi connectivity index (χ3v) is 3.38. The highest BCUT2D eigenvalue weighted by molar-refractivity contribution is 6.29. The van der Waals surface area contributed by atoms with Crippen LogP contribution in [0.3, 0.4) is 0 Å². The summed E-state index contributed by atoms with van der Waals surface area (Å²) in [5, 5.41) is 0.488. The molecule has 5 heteroatoms. The largest absolute Gasteiger partial charge is 0.377 e. The zero-order chi connectivity index (χ0) is 12.3. The van der Waals surface area contributed by atoms with Crippen LogP contribution in [0.2, 0.25) is 5.15 Å². The summed E-state index contributed by atoms with van der Waals surface area (Å²) in [6.45, 7) is 4.75. The van der Waals surface area contributed by atoms with E-state index in [4.69, 9.17) is 16.3 Å². The Hall–Kier alpha value is -0.870. The maximum absolute atomic E-state index is 6.00. The molecule has 1 fully saturated rings. The minimum absolute atomic E-state index is 0.401. The van der Waals surface area contributed by atoms with E-state index in [1.54, 1.807) is 7.11 Å². The molecule has 1 aliphatic rings. The highest BCUT2D eigenvalue weighted by Gasteiger charge is 2.22. The molecule has 1 aromatic heterocycles. The number of halogens is 1. The Morgan fingerprint density at radius 2 is 2.35 bits per heavy atom. The maximum atomic E-state index is 6.00. The molecule has 94 valence electrons. The van der Waals surface area contributed by atoms with Gasteiger partial charge >= 0.3 is 0 Å². The number of aromatic nitrogens is 2. The van der Waals surface area contributed by atoms with Gasteiger partial charge in [-0.3, -0.25) is 0 Å². The molecule has 17 heavy (non-hydrogen) atoms. The van der Waals surface area contributed by atoms with Crippen LogP contribution in [0.25, 0.3) is 0 Å². The van der Waals surface area contributed by atoms with Crippen LogP contribution in [0, 0.1) is 5.92 Å². The lowest BCUT2D eigenvalue weighted by molar-refractivity contribution is 0.178. The van der Waals surface area contributed by atoms with Gasteiger partial charge in [0.15, 0.2) is 5.82 Å². The third kappa shape index (κ3) is 3.07. The quantitative estimate of drug-likeness (QED) is 0.775. The summed E-state index contributed by atoms with van der Waals surface area (Å²) in [4.78, 5) is 10.9. The molecule has 2 rings (SSSR count).